The second-order valence-corrected chi connectivity index (χ2v) is 13.5. The second kappa shape index (κ2) is 11.5. The summed E-state index contributed by atoms with van der Waals surface area (Å²) in [6.07, 6.45) is 2.27. The smallest absolute Gasteiger partial charge is 0.338 e. The summed E-state index contributed by atoms with van der Waals surface area (Å²) >= 11 is 0. The van der Waals surface area contributed by atoms with Crippen LogP contribution in [-0.2, 0) is 42.5 Å². The molecule has 40 heavy (non-hydrogen) atoms. The molecule has 0 unspecified atom stereocenters. The highest BCUT2D eigenvalue weighted by molar-refractivity contribution is 7.89. The molecule has 0 saturated carbocycles. The Labute approximate surface area is 233 Å². The lowest BCUT2D eigenvalue weighted by Gasteiger charge is -2.28. The fraction of sp³-hybridized carbons (Fsp3) is 0.286. The van der Waals surface area contributed by atoms with Gasteiger partial charge in [-0.05, 0) is 72.9 Å². The molecule has 0 aliphatic carbocycles. The number of benzene rings is 3. The summed E-state index contributed by atoms with van der Waals surface area (Å²) in [4.78, 5) is 25.1. The fourth-order valence-electron chi connectivity index (χ4n) is 4.81. The van der Waals surface area contributed by atoms with Crippen LogP contribution in [0.3, 0.4) is 0 Å². The Bertz CT molecular complexity index is 1630. The topological polar surface area (TPSA) is 130 Å². The molecule has 12 heteroatoms. The number of carbonyl (C=O) groups excluding carboxylic acids is 2. The zero-order valence-electron chi connectivity index (χ0n) is 21.7. The zero-order valence-corrected chi connectivity index (χ0v) is 23.3. The normalized spacial score (nSPS) is 16.3. The number of amides is 1. The molecule has 1 fully saturated rings. The van der Waals surface area contributed by atoms with Crippen molar-refractivity contribution in [2.75, 3.05) is 31.6 Å². The van der Waals surface area contributed by atoms with Crippen molar-refractivity contribution in [3.05, 3.63) is 89.5 Å². The lowest BCUT2D eigenvalue weighted by atomic mass is 10.0. The third-order valence-corrected chi connectivity index (χ3v) is 10.7. The maximum absolute atomic E-state index is 13.3. The third kappa shape index (κ3) is 5.94. The van der Waals surface area contributed by atoms with Crippen LogP contribution in [0.5, 0.6) is 0 Å². The standard InChI is InChI=1S/C28H29N3O7S2/c32-27(29-24-10-12-25(13-11-24)39(34,35)30-15-3-4-16-30)20-38-28(33)22-8-5-9-26(18-22)40(36,37)31-17-14-21-6-1-2-7-23(21)19-31/h1-2,5-13,18H,3-4,14-17,19-20H2,(H,29,32). The van der Waals surface area contributed by atoms with Gasteiger partial charge in [0, 0.05) is 31.9 Å². The molecule has 1 amide bonds. The SMILES string of the molecule is O=C(COC(=O)c1cccc(S(=O)(=O)N2CCc3ccccc3C2)c1)Nc1ccc(S(=O)(=O)N2CCCC2)cc1. The van der Waals surface area contributed by atoms with Gasteiger partial charge in [-0.1, -0.05) is 30.3 Å². The highest BCUT2D eigenvalue weighted by atomic mass is 32.2. The average molecular weight is 584 g/mol. The maximum atomic E-state index is 13.3. The van der Waals surface area contributed by atoms with E-state index in [1.54, 1.807) is 0 Å². The lowest BCUT2D eigenvalue weighted by molar-refractivity contribution is -0.119. The van der Waals surface area contributed by atoms with Crippen molar-refractivity contribution in [2.45, 2.75) is 35.6 Å². The summed E-state index contributed by atoms with van der Waals surface area (Å²) in [6, 6.07) is 19.0. The molecular formula is C28H29N3O7S2. The van der Waals surface area contributed by atoms with Gasteiger partial charge in [0.2, 0.25) is 20.0 Å². The quantitative estimate of drug-likeness (QED) is 0.404. The molecule has 3 aromatic carbocycles. The number of rotatable bonds is 8. The summed E-state index contributed by atoms with van der Waals surface area (Å²) in [7, 11) is -7.42. The van der Waals surface area contributed by atoms with Gasteiger partial charge in [0.1, 0.15) is 0 Å². The molecule has 0 atom stereocenters. The van der Waals surface area contributed by atoms with Crippen LogP contribution in [0.15, 0.2) is 82.6 Å². The van der Waals surface area contributed by atoms with E-state index in [0.717, 1.165) is 24.0 Å². The van der Waals surface area contributed by atoms with Crippen molar-refractivity contribution < 1.29 is 31.2 Å². The molecule has 2 aliphatic heterocycles. The molecule has 1 saturated heterocycles. The third-order valence-electron chi connectivity index (χ3n) is 6.98. The predicted molar refractivity (Wildman–Crippen MR) is 148 cm³/mol. The number of hydrogen-bond acceptors (Lipinski definition) is 7. The molecule has 0 aromatic heterocycles. The Hall–Kier alpha value is -3.58. The summed E-state index contributed by atoms with van der Waals surface area (Å²) in [6.45, 7) is 0.964. The number of anilines is 1. The summed E-state index contributed by atoms with van der Waals surface area (Å²) in [5.74, 6) is -1.47. The molecule has 3 aromatic rings. The van der Waals surface area contributed by atoms with Crippen molar-refractivity contribution in [3.63, 3.8) is 0 Å². The van der Waals surface area contributed by atoms with Gasteiger partial charge >= 0.3 is 5.97 Å². The van der Waals surface area contributed by atoms with Crippen molar-refractivity contribution >= 4 is 37.6 Å². The van der Waals surface area contributed by atoms with E-state index in [2.05, 4.69) is 5.32 Å². The first-order valence-electron chi connectivity index (χ1n) is 12.9. The van der Waals surface area contributed by atoms with Gasteiger partial charge in [-0.15, -0.1) is 0 Å². The van der Waals surface area contributed by atoms with E-state index in [-0.39, 0.29) is 21.9 Å². The number of sulfonamides is 2. The molecule has 210 valence electrons. The van der Waals surface area contributed by atoms with E-state index in [1.165, 1.54) is 57.1 Å². The first kappa shape index (κ1) is 28.0. The number of esters is 1. The Balaban J connectivity index is 1.18. The monoisotopic (exact) mass is 583 g/mol. The minimum atomic E-state index is -3.85. The number of fused-ring (bicyclic) bond motifs is 1. The van der Waals surface area contributed by atoms with Crippen molar-refractivity contribution in [1.82, 2.24) is 8.61 Å². The van der Waals surface area contributed by atoms with E-state index >= 15 is 0 Å². The molecular weight excluding hydrogens is 554 g/mol. The Morgan fingerprint density at radius 2 is 1.43 bits per heavy atom. The van der Waals surface area contributed by atoms with E-state index < -0.39 is 38.5 Å². The van der Waals surface area contributed by atoms with E-state index in [9.17, 15) is 26.4 Å². The Morgan fingerprint density at radius 1 is 0.750 bits per heavy atom. The summed E-state index contributed by atoms with van der Waals surface area (Å²) in [5, 5.41) is 2.56. The highest BCUT2D eigenvalue weighted by Crippen LogP contribution is 2.26. The minimum Gasteiger partial charge on any atom is -0.452 e. The molecule has 0 bridgehead atoms. The molecule has 1 N–H and O–H groups in total. The van der Waals surface area contributed by atoms with E-state index in [4.69, 9.17) is 4.74 Å². The number of nitrogens with one attached hydrogen (secondary N) is 1. The van der Waals surface area contributed by atoms with Crippen LogP contribution < -0.4 is 5.32 Å². The predicted octanol–water partition coefficient (Wildman–Crippen LogP) is 3.01. The van der Waals surface area contributed by atoms with Crippen molar-refractivity contribution in [2.24, 2.45) is 0 Å². The maximum Gasteiger partial charge on any atom is 0.338 e. The number of hydrogen-bond donors (Lipinski definition) is 1. The number of carbonyl (C=O) groups is 2. The molecule has 0 radical (unpaired) electrons. The molecule has 2 aliphatic rings. The number of ether oxygens (including phenoxy) is 1. The fourth-order valence-corrected chi connectivity index (χ4v) is 7.79. The van der Waals surface area contributed by atoms with E-state index in [0.29, 0.717) is 31.7 Å². The van der Waals surface area contributed by atoms with Crippen molar-refractivity contribution in [3.8, 4) is 0 Å². The first-order valence-corrected chi connectivity index (χ1v) is 15.8. The number of nitrogens with zero attached hydrogens (tertiary/aromatic N) is 2. The largest absolute Gasteiger partial charge is 0.452 e. The average Bonchev–Trinajstić information content (AvgIpc) is 3.52. The Kier molecular flexibility index (Phi) is 8.04. The first-order chi connectivity index (χ1) is 19.1. The van der Waals surface area contributed by atoms with Crippen LogP contribution in [0, 0.1) is 0 Å². The molecule has 5 rings (SSSR count). The minimum absolute atomic E-state index is 0.00255. The zero-order chi connectivity index (χ0) is 28.3. The van der Waals surface area contributed by atoms with Crippen LogP contribution in [0.25, 0.3) is 0 Å². The van der Waals surface area contributed by atoms with Gasteiger partial charge in [-0.2, -0.15) is 8.61 Å². The van der Waals surface area contributed by atoms with Gasteiger partial charge in [0.25, 0.3) is 5.91 Å². The molecule has 0 spiro atoms. The van der Waals surface area contributed by atoms with Crippen LogP contribution in [0.2, 0.25) is 0 Å². The Morgan fingerprint density at radius 3 is 2.15 bits per heavy atom. The van der Waals surface area contributed by atoms with Gasteiger partial charge in [-0.3, -0.25) is 4.79 Å². The lowest BCUT2D eigenvalue weighted by Crippen LogP contribution is -2.36. The van der Waals surface area contributed by atoms with Crippen molar-refractivity contribution in [1.29, 1.82) is 0 Å². The van der Waals surface area contributed by atoms with Crippen LogP contribution in [-0.4, -0.2) is 63.6 Å². The van der Waals surface area contributed by atoms with E-state index in [1.807, 2.05) is 24.3 Å². The van der Waals surface area contributed by atoms with Crippen LogP contribution >= 0.6 is 0 Å². The highest BCUT2D eigenvalue weighted by Gasteiger charge is 2.29. The van der Waals surface area contributed by atoms with Gasteiger partial charge < -0.3 is 10.1 Å². The summed E-state index contributed by atoms with van der Waals surface area (Å²) in [5.41, 5.74) is 2.41. The van der Waals surface area contributed by atoms with Gasteiger partial charge in [-0.25, -0.2) is 21.6 Å². The molecule has 10 nitrogen and oxygen atoms in total. The second-order valence-electron chi connectivity index (χ2n) is 9.65. The summed E-state index contributed by atoms with van der Waals surface area (Å²) < 4.78 is 59.8. The van der Waals surface area contributed by atoms with Gasteiger partial charge in [0.15, 0.2) is 6.61 Å². The van der Waals surface area contributed by atoms with Crippen LogP contribution in [0.1, 0.15) is 34.3 Å². The van der Waals surface area contributed by atoms with Crippen LogP contribution in [0.4, 0.5) is 5.69 Å². The molecule has 2 heterocycles. The van der Waals surface area contributed by atoms with Gasteiger partial charge in [0.05, 0.1) is 15.4 Å².